The third-order valence-corrected chi connectivity index (χ3v) is 4.24. The molecule has 0 N–H and O–H groups in total. The van der Waals surface area contributed by atoms with E-state index in [-0.39, 0.29) is 5.97 Å². The predicted octanol–water partition coefficient (Wildman–Crippen LogP) is 4.22. The molecule has 0 saturated heterocycles. The predicted molar refractivity (Wildman–Crippen MR) is 91.1 cm³/mol. The van der Waals surface area contributed by atoms with Gasteiger partial charge < -0.3 is 14.4 Å². The Hall–Kier alpha value is -2.20. The summed E-state index contributed by atoms with van der Waals surface area (Å²) >= 11 is 6.19. The van der Waals surface area contributed by atoms with Crippen LogP contribution in [0.3, 0.4) is 0 Å². The molecule has 2 aromatic carbocycles. The summed E-state index contributed by atoms with van der Waals surface area (Å²) < 4.78 is 10.1. The topological polar surface area (TPSA) is 38.8 Å². The number of hydrogen-bond donors (Lipinski definition) is 0. The van der Waals surface area contributed by atoms with E-state index in [0.29, 0.717) is 10.6 Å². The summed E-state index contributed by atoms with van der Waals surface area (Å²) in [6, 6.07) is 11.4. The third-order valence-electron chi connectivity index (χ3n) is 4.02. The van der Waals surface area contributed by atoms with Crippen LogP contribution in [-0.2, 0) is 11.2 Å². The molecule has 4 nitrogen and oxygen atoms in total. The highest BCUT2D eigenvalue weighted by Crippen LogP contribution is 2.36. The summed E-state index contributed by atoms with van der Waals surface area (Å²) in [6.07, 6.45) is 2.04. The Labute approximate surface area is 140 Å². The summed E-state index contributed by atoms with van der Waals surface area (Å²) in [5.74, 6) is 0.465. The number of benzene rings is 2. The molecule has 0 fully saturated rings. The van der Waals surface area contributed by atoms with Crippen LogP contribution in [0.25, 0.3) is 0 Å². The van der Waals surface area contributed by atoms with E-state index in [9.17, 15) is 4.79 Å². The van der Waals surface area contributed by atoms with Gasteiger partial charge in [0.05, 0.1) is 19.8 Å². The Morgan fingerprint density at radius 1 is 1.17 bits per heavy atom. The fraction of sp³-hybridized carbons (Fsp3) is 0.278. The molecule has 5 heteroatoms. The molecule has 1 aliphatic rings. The number of ether oxygens (including phenoxy) is 2. The molecule has 23 heavy (non-hydrogen) atoms. The summed E-state index contributed by atoms with van der Waals surface area (Å²) in [6.45, 7) is 0.875. The number of anilines is 2. The van der Waals surface area contributed by atoms with E-state index < -0.39 is 0 Å². The van der Waals surface area contributed by atoms with Crippen LogP contribution in [0, 0.1) is 0 Å². The number of methoxy groups -OCH3 is 2. The van der Waals surface area contributed by atoms with Crippen LogP contribution in [0.5, 0.6) is 5.75 Å². The summed E-state index contributed by atoms with van der Waals surface area (Å²) in [5, 5.41) is 0.517. The number of fused-ring (bicyclic) bond motifs is 1. The minimum absolute atomic E-state index is 0.388. The maximum Gasteiger partial charge on any atom is 0.337 e. The first-order chi connectivity index (χ1) is 11.1. The number of carbonyl (C=O) groups is 1. The SMILES string of the molecule is COC(=O)c1cc(Cl)cc(N2CCCc3cc(OC)ccc32)c1. The normalized spacial score (nSPS) is 13.4. The van der Waals surface area contributed by atoms with Gasteiger partial charge in [-0.05, 0) is 54.8 Å². The van der Waals surface area contributed by atoms with E-state index in [1.54, 1.807) is 13.2 Å². The van der Waals surface area contributed by atoms with Crippen molar-refractivity contribution in [1.82, 2.24) is 0 Å². The van der Waals surface area contributed by atoms with Gasteiger partial charge in [0.15, 0.2) is 0 Å². The van der Waals surface area contributed by atoms with E-state index in [1.165, 1.54) is 12.7 Å². The van der Waals surface area contributed by atoms with Gasteiger partial charge in [-0.2, -0.15) is 0 Å². The van der Waals surface area contributed by atoms with E-state index >= 15 is 0 Å². The summed E-state index contributed by atoms with van der Waals surface area (Å²) in [4.78, 5) is 14.0. The molecule has 0 unspecified atom stereocenters. The highest BCUT2D eigenvalue weighted by atomic mass is 35.5. The zero-order valence-electron chi connectivity index (χ0n) is 13.1. The molecule has 0 amide bonds. The fourth-order valence-electron chi connectivity index (χ4n) is 2.93. The van der Waals surface area contributed by atoms with Gasteiger partial charge in [0.1, 0.15) is 5.75 Å². The van der Waals surface area contributed by atoms with Crippen molar-refractivity contribution in [2.24, 2.45) is 0 Å². The quantitative estimate of drug-likeness (QED) is 0.789. The molecule has 1 aliphatic heterocycles. The minimum Gasteiger partial charge on any atom is -0.497 e. The Bertz CT molecular complexity index is 745. The van der Waals surface area contributed by atoms with E-state index in [4.69, 9.17) is 21.1 Å². The first kappa shape index (κ1) is 15.7. The molecule has 0 saturated carbocycles. The average molecular weight is 332 g/mol. The van der Waals surface area contributed by atoms with Gasteiger partial charge in [-0.15, -0.1) is 0 Å². The lowest BCUT2D eigenvalue weighted by molar-refractivity contribution is 0.0601. The number of carbonyl (C=O) groups excluding carboxylic acids is 1. The second-order valence-corrected chi connectivity index (χ2v) is 5.88. The van der Waals surface area contributed by atoms with E-state index in [1.807, 2.05) is 24.3 Å². The second kappa shape index (κ2) is 6.50. The van der Waals surface area contributed by atoms with Gasteiger partial charge in [-0.3, -0.25) is 0 Å². The molecule has 0 radical (unpaired) electrons. The first-order valence-electron chi connectivity index (χ1n) is 7.45. The summed E-state index contributed by atoms with van der Waals surface area (Å²) in [7, 11) is 3.04. The molecule has 0 aromatic heterocycles. The molecule has 3 rings (SSSR count). The lowest BCUT2D eigenvalue weighted by Crippen LogP contribution is -2.24. The molecule has 120 valence electrons. The van der Waals surface area contributed by atoms with Gasteiger partial charge in [0.2, 0.25) is 0 Å². The standard InChI is InChI=1S/C18H18ClNO3/c1-22-16-5-6-17-12(10-16)4-3-7-20(17)15-9-13(18(21)23-2)8-14(19)11-15/h5-6,8-11H,3-4,7H2,1-2H3. The average Bonchev–Trinajstić information content (AvgIpc) is 2.59. The van der Waals surface area contributed by atoms with E-state index in [0.717, 1.165) is 36.5 Å². The van der Waals surface area contributed by atoms with Crippen molar-refractivity contribution in [3.63, 3.8) is 0 Å². The number of rotatable bonds is 3. The van der Waals surface area contributed by atoms with Crippen molar-refractivity contribution in [2.75, 3.05) is 25.7 Å². The highest BCUT2D eigenvalue weighted by Gasteiger charge is 2.20. The van der Waals surface area contributed by atoms with Crippen LogP contribution in [0.1, 0.15) is 22.3 Å². The molecule has 0 bridgehead atoms. The van der Waals surface area contributed by atoms with Crippen molar-refractivity contribution in [3.05, 3.63) is 52.5 Å². The molecular formula is C18H18ClNO3. The zero-order chi connectivity index (χ0) is 16.4. The van der Waals surface area contributed by atoms with Gasteiger partial charge in [0.25, 0.3) is 0 Å². The Kier molecular flexibility index (Phi) is 4.44. The lowest BCUT2D eigenvalue weighted by Gasteiger charge is -2.32. The Balaban J connectivity index is 2.04. The Morgan fingerprint density at radius 3 is 2.74 bits per heavy atom. The maximum absolute atomic E-state index is 11.8. The molecular weight excluding hydrogens is 314 g/mol. The third kappa shape index (κ3) is 3.13. The number of aryl methyl sites for hydroxylation is 1. The monoisotopic (exact) mass is 331 g/mol. The first-order valence-corrected chi connectivity index (χ1v) is 7.83. The van der Waals surface area contributed by atoms with Crippen molar-refractivity contribution in [3.8, 4) is 5.75 Å². The molecule has 0 spiro atoms. The number of halogens is 1. The van der Waals surface area contributed by atoms with Crippen LogP contribution < -0.4 is 9.64 Å². The van der Waals surface area contributed by atoms with Gasteiger partial charge in [-0.1, -0.05) is 11.6 Å². The molecule has 1 heterocycles. The van der Waals surface area contributed by atoms with Crippen LogP contribution in [-0.4, -0.2) is 26.7 Å². The maximum atomic E-state index is 11.8. The lowest BCUT2D eigenvalue weighted by atomic mass is 10.0. The number of nitrogens with zero attached hydrogens (tertiary/aromatic N) is 1. The van der Waals surface area contributed by atoms with Crippen molar-refractivity contribution < 1.29 is 14.3 Å². The second-order valence-electron chi connectivity index (χ2n) is 5.44. The van der Waals surface area contributed by atoms with Gasteiger partial charge in [0, 0.05) is 22.9 Å². The van der Waals surface area contributed by atoms with Gasteiger partial charge in [-0.25, -0.2) is 4.79 Å². The van der Waals surface area contributed by atoms with Crippen LogP contribution in [0.4, 0.5) is 11.4 Å². The van der Waals surface area contributed by atoms with E-state index in [2.05, 4.69) is 11.0 Å². The van der Waals surface area contributed by atoms with Gasteiger partial charge >= 0.3 is 5.97 Å². The largest absolute Gasteiger partial charge is 0.497 e. The van der Waals surface area contributed by atoms with Crippen LogP contribution in [0.2, 0.25) is 5.02 Å². The molecule has 0 atom stereocenters. The molecule has 2 aromatic rings. The smallest absolute Gasteiger partial charge is 0.337 e. The highest BCUT2D eigenvalue weighted by molar-refractivity contribution is 6.31. The van der Waals surface area contributed by atoms with Crippen LogP contribution >= 0.6 is 11.6 Å². The Morgan fingerprint density at radius 2 is 2.00 bits per heavy atom. The fourth-order valence-corrected chi connectivity index (χ4v) is 3.16. The van der Waals surface area contributed by atoms with Crippen molar-refractivity contribution >= 4 is 28.9 Å². The summed E-state index contributed by atoms with van der Waals surface area (Å²) in [5.41, 5.74) is 3.70. The number of hydrogen-bond acceptors (Lipinski definition) is 4. The van der Waals surface area contributed by atoms with Crippen LogP contribution in [0.15, 0.2) is 36.4 Å². The zero-order valence-corrected chi connectivity index (χ0v) is 13.9. The van der Waals surface area contributed by atoms with Crippen molar-refractivity contribution in [1.29, 1.82) is 0 Å². The molecule has 0 aliphatic carbocycles. The van der Waals surface area contributed by atoms with Crippen molar-refractivity contribution in [2.45, 2.75) is 12.8 Å². The minimum atomic E-state index is -0.388. The number of esters is 1.